The number of hydrogen-bond acceptors (Lipinski definition) is 4. The molecule has 0 bridgehead atoms. The number of ether oxygens (including phenoxy) is 2. The summed E-state index contributed by atoms with van der Waals surface area (Å²) in [5, 5.41) is 0. The van der Waals surface area contributed by atoms with Gasteiger partial charge in [-0.25, -0.2) is 9.59 Å². The van der Waals surface area contributed by atoms with Gasteiger partial charge in [-0.3, -0.25) is 0 Å². The second-order valence-electron chi connectivity index (χ2n) is 10.3. The highest BCUT2D eigenvalue weighted by atomic mass is 16.5. The minimum absolute atomic E-state index is 0.293. The zero-order valence-corrected chi connectivity index (χ0v) is 25.6. The fourth-order valence-electron chi connectivity index (χ4n) is 4.28. The molecule has 0 saturated heterocycles. The molecular formula is C38H48O4. The fraction of sp³-hybridized carbons (Fsp3) is 0.421. The van der Waals surface area contributed by atoms with E-state index in [0.29, 0.717) is 24.3 Å². The van der Waals surface area contributed by atoms with Crippen molar-refractivity contribution in [2.75, 3.05) is 13.2 Å². The third-order valence-corrected chi connectivity index (χ3v) is 6.73. The number of hydrogen-bond donors (Lipinski definition) is 0. The van der Waals surface area contributed by atoms with Gasteiger partial charge in [-0.15, -0.1) is 0 Å². The van der Waals surface area contributed by atoms with E-state index in [4.69, 9.17) is 9.47 Å². The van der Waals surface area contributed by atoms with E-state index in [-0.39, 0.29) is 0 Å². The molecule has 42 heavy (non-hydrogen) atoms. The Balaban J connectivity index is 0.000000363. The van der Waals surface area contributed by atoms with Crippen LogP contribution in [0.15, 0.2) is 84.9 Å². The van der Waals surface area contributed by atoms with Crippen LogP contribution in [-0.2, 0) is 9.47 Å². The topological polar surface area (TPSA) is 52.6 Å². The molecule has 0 saturated carbocycles. The van der Waals surface area contributed by atoms with E-state index in [1.807, 2.05) is 60.7 Å². The lowest BCUT2D eigenvalue weighted by Gasteiger charge is -2.10. The molecule has 3 rings (SSSR count). The van der Waals surface area contributed by atoms with Crippen molar-refractivity contribution < 1.29 is 19.1 Å². The highest BCUT2D eigenvalue weighted by Gasteiger charge is 2.18. The summed E-state index contributed by atoms with van der Waals surface area (Å²) in [6.07, 6.45) is 13.6. The maximum atomic E-state index is 12.4. The Bertz CT molecular complexity index is 1100. The van der Waals surface area contributed by atoms with Gasteiger partial charge in [0, 0.05) is 11.1 Å². The van der Waals surface area contributed by atoms with Crippen LogP contribution in [0.3, 0.4) is 0 Å². The van der Waals surface area contributed by atoms with Crippen LogP contribution in [0.4, 0.5) is 0 Å². The summed E-state index contributed by atoms with van der Waals surface area (Å²) in [5.74, 6) is 5.33. The van der Waals surface area contributed by atoms with Gasteiger partial charge in [0.25, 0.3) is 0 Å². The molecule has 4 heteroatoms. The van der Waals surface area contributed by atoms with Crippen molar-refractivity contribution in [3.63, 3.8) is 0 Å². The summed E-state index contributed by atoms with van der Waals surface area (Å²) >= 11 is 0. The predicted molar refractivity (Wildman–Crippen MR) is 173 cm³/mol. The fourth-order valence-corrected chi connectivity index (χ4v) is 4.28. The van der Waals surface area contributed by atoms with Crippen molar-refractivity contribution in [2.24, 2.45) is 0 Å². The quantitative estimate of drug-likeness (QED) is 0.0980. The molecule has 0 spiro atoms. The first-order chi connectivity index (χ1) is 20.7. The van der Waals surface area contributed by atoms with Gasteiger partial charge in [0.15, 0.2) is 0 Å². The number of carbonyl (C=O) groups excluding carboxylic acids is 2. The molecule has 0 atom stereocenters. The van der Waals surface area contributed by atoms with E-state index in [0.717, 1.165) is 36.8 Å². The maximum Gasteiger partial charge on any atom is 0.339 e. The van der Waals surface area contributed by atoms with Gasteiger partial charge >= 0.3 is 11.9 Å². The number of unbranched alkanes of at least 4 members (excludes halogenated alkanes) is 10. The maximum absolute atomic E-state index is 12.4. The largest absolute Gasteiger partial charge is 0.462 e. The molecule has 0 aliphatic carbocycles. The summed E-state index contributed by atoms with van der Waals surface area (Å²) in [6, 6.07) is 26.8. The SMILES string of the molecule is C(#Cc1ccccc1)c1ccccc1.CCCCCCCCOC(=O)c1ccccc1C(=O)OCCCCCCCC. The zero-order valence-electron chi connectivity index (χ0n) is 25.6. The van der Waals surface area contributed by atoms with E-state index in [1.54, 1.807) is 24.3 Å². The first-order valence-corrected chi connectivity index (χ1v) is 15.7. The van der Waals surface area contributed by atoms with Crippen LogP contribution in [-0.4, -0.2) is 25.2 Å². The van der Waals surface area contributed by atoms with Gasteiger partial charge < -0.3 is 9.47 Å². The Morgan fingerprint density at radius 2 is 0.810 bits per heavy atom. The minimum atomic E-state index is -0.444. The monoisotopic (exact) mass is 568 g/mol. The third kappa shape index (κ3) is 15.2. The van der Waals surface area contributed by atoms with Gasteiger partial charge in [0.1, 0.15) is 0 Å². The lowest BCUT2D eigenvalue weighted by Crippen LogP contribution is -2.15. The Hall–Kier alpha value is -3.84. The van der Waals surface area contributed by atoms with Crippen LogP contribution < -0.4 is 0 Å². The smallest absolute Gasteiger partial charge is 0.339 e. The average Bonchev–Trinajstić information content (AvgIpc) is 3.04. The zero-order chi connectivity index (χ0) is 30.1. The van der Waals surface area contributed by atoms with Crippen molar-refractivity contribution >= 4 is 11.9 Å². The highest BCUT2D eigenvalue weighted by Crippen LogP contribution is 2.14. The van der Waals surface area contributed by atoms with Crippen LogP contribution in [0.1, 0.15) is 123 Å². The van der Waals surface area contributed by atoms with Gasteiger partial charge in [0.05, 0.1) is 24.3 Å². The van der Waals surface area contributed by atoms with Gasteiger partial charge in [-0.2, -0.15) is 0 Å². The molecule has 0 heterocycles. The van der Waals surface area contributed by atoms with Gasteiger partial charge in [0.2, 0.25) is 0 Å². The Kier molecular flexibility index (Phi) is 18.7. The summed E-state index contributed by atoms with van der Waals surface area (Å²) in [5.41, 5.74) is 2.69. The highest BCUT2D eigenvalue weighted by molar-refractivity contribution is 6.03. The molecule has 0 N–H and O–H groups in total. The molecular weight excluding hydrogens is 520 g/mol. The summed E-state index contributed by atoms with van der Waals surface area (Å²) in [4.78, 5) is 24.7. The molecule has 0 aliphatic rings. The van der Waals surface area contributed by atoms with Crippen molar-refractivity contribution in [3.8, 4) is 11.8 Å². The van der Waals surface area contributed by atoms with E-state index in [9.17, 15) is 9.59 Å². The molecule has 0 unspecified atom stereocenters. The number of carbonyl (C=O) groups is 2. The van der Waals surface area contributed by atoms with Crippen molar-refractivity contribution in [1.29, 1.82) is 0 Å². The second-order valence-corrected chi connectivity index (χ2v) is 10.3. The van der Waals surface area contributed by atoms with Crippen molar-refractivity contribution in [1.82, 2.24) is 0 Å². The molecule has 0 radical (unpaired) electrons. The number of benzene rings is 3. The Morgan fingerprint density at radius 1 is 0.476 bits per heavy atom. The van der Waals surface area contributed by atoms with E-state index in [1.165, 1.54) is 51.4 Å². The molecule has 224 valence electrons. The van der Waals surface area contributed by atoms with Crippen LogP contribution in [0, 0.1) is 11.8 Å². The van der Waals surface area contributed by atoms with Gasteiger partial charge in [-0.05, 0) is 49.2 Å². The van der Waals surface area contributed by atoms with E-state index in [2.05, 4.69) is 25.7 Å². The Morgan fingerprint density at radius 3 is 1.19 bits per heavy atom. The average molecular weight is 569 g/mol. The van der Waals surface area contributed by atoms with E-state index >= 15 is 0 Å². The Labute approximate surface area is 253 Å². The van der Waals surface area contributed by atoms with Crippen molar-refractivity contribution in [3.05, 3.63) is 107 Å². The number of rotatable bonds is 16. The summed E-state index contributed by atoms with van der Waals surface area (Å²) in [7, 11) is 0. The molecule has 0 aliphatic heterocycles. The van der Waals surface area contributed by atoms with Crippen molar-refractivity contribution in [2.45, 2.75) is 90.9 Å². The minimum Gasteiger partial charge on any atom is -0.462 e. The first-order valence-electron chi connectivity index (χ1n) is 15.7. The molecule has 0 amide bonds. The molecule has 3 aromatic rings. The van der Waals surface area contributed by atoms with Crippen LogP contribution in [0.5, 0.6) is 0 Å². The normalized spacial score (nSPS) is 10.0. The third-order valence-electron chi connectivity index (χ3n) is 6.73. The second kappa shape index (κ2) is 22.8. The summed E-state index contributed by atoms with van der Waals surface area (Å²) in [6.45, 7) is 5.17. The van der Waals surface area contributed by atoms with E-state index < -0.39 is 11.9 Å². The predicted octanol–water partition coefficient (Wildman–Crippen LogP) is 9.81. The van der Waals surface area contributed by atoms with Crippen LogP contribution >= 0.6 is 0 Å². The first kappa shape index (κ1) is 34.4. The number of esters is 2. The lowest BCUT2D eigenvalue weighted by atomic mass is 10.1. The standard InChI is InChI=1S/C24H38O4.C14H10/c1-3-5-7-9-11-15-19-27-23(25)21-17-13-14-18-22(21)24(26)28-20-16-12-10-8-6-4-2;1-3-7-13(8-4-1)11-12-14-9-5-2-6-10-14/h13-14,17-18H,3-12,15-16,19-20H2,1-2H3;1-10H. The molecule has 0 fully saturated rings. The molecule has 4 nitrogen and oxygen atoms in total. The molecule has 3 aromatic carbocycles. The summed E-state index contributed by atoms with van der Waals surface area (Å²) < 4.78 is 10.7. The van der Waals surface area contributed by atoms with Gasteiger partial charge in [-0.1, -0.05) is 138 Å². The molecule has 0 aromatic heterocycles. The lowest BCUT2D eigenvalue weighted by molar-refractivity contribution is 0.0450. The van der Waals surface area contributed by atoms with Crippen LogP contribution in [0.2, 0.25) is 0 Å². The van der Waals surface area contributed by atoms with Crippen LogP contribution in [0.25, 0.3) is 0 Å².